The Morgan fingerprint density at radius 1 is 0.968 bits per heavy atom. The lowest BCUT2D eigenvalue weighted by Crippen LogP contribution is -2.35. The first-order valence-electron chi connectivity index (χ1n) is 11.4. The molecule has 0 saturated carbocycles. The van der Waals surface area contributed by atoms with Crippen LogP contribution in [0.2, 0.25) is 0 Å². The highest BCUT2D eigenvalue weighted by Crippen LogP contribution is 2.17. The Hall–Kier alpha value is -2.03. The van der Waals surface area contributed by atoms with E-state index in [1.165, 1.54) is 5.56 Å². The maximum atomic E-state index is 13.2. The van der Waals surface area contributed by atoms with Crippen LogP contribution in [0.5, 0.6) is 0 Å². The summed E-state index contributed by atoms with van der Waals surface area (Å²) in [5.74, 6) is 5.30. The molecule has 1 aromatic carbocycles. The number of carbonyl (C=O) groups excluding carboxylic acids is 1. The van der Waals surface area contributed by atoms with Gasteiger partial charge in [0.15, 0.2) is 0 Å². The summed E-state index contributed by atoms with van der Waals surface area (Å²) in [6, 6.07) is 8.41. The standard InChI is InChI=1S/C23H41N7O/c1-27(2)13-5-15-30(16-6-14-28(3)4)23(31)21-9-7-20(8-10-21)19-29-17-11-22(12-18-29)25-26-24/h7-10,22H,5-6,11-19H2,1-4H3,(H2,24,25). The summed E-state index contributed by atoms with van der Waals surface area (Å²) >= 11 is 0. The largest absolute Gasteiger partial charge is 0.339 e. The molecule has 1 saturated heterocycles. The normalized spacial score (nSPS) is 15.9. The van der Waals surface area contributed by atoms with E-state index in [2.05, 4.69) is 65.4 Å². The van der Waals surface area contributed by atoms with E-state index in [9.17, 15) is 4.79 Å². The number of amides is 1. The van der Waals surface area contributed by atoms with Crippen LogP contribution in [-0.2, 0) is 6.54 Å². The van der Waals surface area contributed by atoms with Crippen molar-refractivity contribution >= 4 is 5.91 Å². The molecule has 0 aromatic heterocycles. The molecule has 1 fully saturated rings. The van der Waals surface area contributed by atoms with Crippen LogP contribution in [0.25, 0.3) is 0 Å². The third-order valence-corrected chi connectivity index (χ3v) is 5.75. The Bertz CT molecular complexity index is 653. The summed E-state index contributed by atoms with van der Waals surface area (Å²) in [4.78, 5) is 21.9. The van der Waals surface area contributed by atoms with Gasteiger partial charge < -0.3 is 20.5 Å². The summed E-state index contributed by atoms with van der Waals surface area (Å²) < 4.78 is 0. The lowest BCUT2D eigenvalue weighted by molar-refractivity contribution is 0.0744. The predicted octanol–water partition coefficient (Wildman–Crippen LogP) is 2.32. The number of hydrogen-bond donors (Lipinski definition) is 1. The Morgan fingerprint density at radius 2 is 1.52 bits per heavy atom. The summed E-state index contributed by atoms with van der Waals surface area (Å²) in [7, 11) is 8.28. The van der Waals surface area contributed by atoms with Gasteiger partial charge in [-0.1, -0.05) is 17.4 Å². The van der Waals surface area contributed by atoms with Crippen LogP contribution in [0.1, 0.15) is 41.6 Å². The average molecular weight is 432 g/mol. The van der Waals surface area contributed by atoms with Crippen LogP contribution in [0.3, 0.4) is 0 Å². The average Bonchev–Trinajstić information content (AvgIpc) is 2.74. The molecule has 0 unspecified atom stereocenters. The number of nitrogens with zero attached hydrogens (tertiary/aromatic N) is 6. The Labute approximate surface area is 188 Å². The predicted molar refractivity (Wildman–Crippen MR) is 126 cm³/mol. The molecular weight excluding hydrogens is 390 g/mol. The molecule has 2 rings (SSSR count). The van der Waals surface area contributed by atoms with Gasteiger partial charge in [0, 0.05) is 38.3 Å². The molecule has 1 amide bonds. The van der Waals surface area contributed by atoms with Gasteiger partial charge in [0.25, 0.3) is 5.91 Å². The zero-order valence-corrected chi connectivity index (χ0v) is 19.8. The molecule has 1 aromatic rings. The molecule has 1 aliphatic heterocycles. The van der Waals surface area contributed by atoms with E-state index in [-0.39, 0.29) is 11.9 Å². The topological polar surface area (TPSA) is 80.8 Å². The van der Waals surface area contributed by atoms with E-state index in [1.54, 1.807) is 0 Å². The molecule has 0 spiro atoms. The molecule has 8 heteroatoms. The Kier molecular flexibility index (Phi) is 10.9. The highest BCUT2D eigenvalue weighted by atomic mass is 16.2. The van der Waals surface area contributed by atoms with Gasteiger partial charge in [-0.25, -0.2) is 0 Å². The smallest absolute Gasteiger partial charge is 0.253 e. The number of piperidine rings is 1. The fourth-order valence-electron chi connectivity index (χ4n) is 3.95. The van der Waals surface area contributed by atoms with Crippen molar-refractivity contribution in [2.45, 2.75) is 38.3 Å². The third-order valence-electron chi connectivity index (χ3n) is 5.75. The molecule has 0 atom stereocenters. The number of hydrogen-bond acceptors (Lipinski definition) is 6. The lowest BCUT2D eigenvalue weighted by atomic mass is 10.0. The van der Waals surface area contributed by atoms with E-state index in [0.717, 1.165) is 77.1 Å². The molecule has 31 heavy (non-hydrogen) atoms. The quantitative estimate of drug-likeness (QED) is 0.312. The Morgan fingerprint density at radius 3 is 2.00 bits per heavy atom. The summed E-state index contributed by atoms with van der Waals surface area (Å²) in [6.45, 7) is 6.45. The molecular formula is C23H41N7O. The van der Waals surface area contributed by atoms with Crippen molar-refractivity contribution < 1.29 is 4.79 Å². The fraction of sp³-hybridized carbons (Fsp3) is 0.696. The van der Waals surface area contributed by atoms with Crippen molar-refractivity contribution in [2.24, 2.45) is 16.2 Å². The summed E-state index contributed by atoms with van der Waals surface area (Å²) in [5.41, 5.74) is 2.02. The SMILES string of the molecule is CN(C)CCCN(CCCN(C)C)C(=O)c1ccc(CN2CCC(N=NN)CC2)cc1. The second-order valence-electron chi connectivity index (χ2n) is 9.04. The van der Waals surface area contributed by atoms with Crippen LogP contribution < -0.4 is 5.84 Å². The van der Waals surface area contributed by atoms with Gasteiger partial charge in [-0.05, 0) is 84.7 Å². The van der Waals surface area contributed by atoms with E-state index in [0.29, 0.717) is 0 Å². The number of likely N-dealkylation sites (tertiary alicyclic amines) is 1. The number of rotatable bonds is 12. The highest BCUT2D eigenvalue weighted by molar-refractivity contribution is 5.94. The third kappa shape index (κ3) is 9.33. The second kappa shape index (κ2) is 13.4. The number of carbonyl (C=O) groups is 1. The van der Waals surface area contributed by atoms with Crippen LogP contribution in [0, 0.1) is 0 Å². The summed E-state index contributed by atoms with van der Waals surface area (Å²) in [5, 5.41) is 7.49. The molecule has 0 aliphatic carbocycles. The van der Waals surface area contributed by atoms with Gasteiger partial charge in [-0.3, -0.25) is 9.69 Å². The molecule has 1 heterocycles. The van der Waals surface area contributed by atoms with Crippen molar-refractivity contribution in [1.82, 2.24) is 19.6 Å². The minimum Gasteiger partial charge on any atom is -0.339 e. The van der Waals surface area contributed by atoms with Crippen molar-refractivity contribution in [3.8, 4) is 0 Å². The van der Waals surface area contributed by atoms with Gasteiger partial charge in [0.05, 0.1) is 6.04 Å². The number of benzene rings is 1. The number of nitrogens with two attached hydrogens (primary N) is 1. The first-order valence-corrected chi connectivity index (χ1v) is 11.4. The van der Waals surface area contributed by atoms with Crippen molar-refractivity contribution in [3.05, 3.63) is 35.4 Å². The van der Waals surface area contributed by atoms with Crippen LogP contribution >= 0.6 is 0 Å². The summed E-state index contributed by atoms with van der Waals surface area (Å²) in [6.07, 6.45) is 3.95. The van der Waals surface area contributed by atoms with Crippen LogP contribution in [-0.4, -0.2) is 99.0 Å². The van der Waals surface area contributed by atoms with E-state index in [1.807, 2.05) is 17.0 Å². The minimum atomic E-state index is 0.136. The second-order valence-corrected chi connectivity index (χ2v) is 9.04. The maximum Gasteiger partial charge on any atom is 0.253 e. The molecule has 1 aliphatic rings. The molecule has 0 radical (unpaired) electrons. The van der Waals surface area contributed by atoms with Gasteiger partial charge in [-0.2, -0.15) is 5.11 Å². The fourth-order valence-corrected chi connectivity index (χ4v) is 3.95. The zero-order valence-electron chi connectivity index (χ0n) is 19.8. The van der Waals surface area contributed by atoms with Crippen LogP contribution in [0.4, 0.5) is 0 Å². The van der Waals surface area contributed by atoms with Crippen molar-refractivity contribution in [1.29, 1.82) is 0 Å². The van der Waals surface area contributed by atoms with Crippen LogP contribution in [0.15, 0.2) is 34.6 Å². The maximum absolute atomic E-state index is 13.2. The Balaban J connectivity index is 1.91. The molecule has 8 nitrogen and oxygen atoms in total. The lowest BCUT2D eigenvalue weighted by Gasteiger charge is -2.29. The van der Waals surface area contributed by atoms with Gasteiger partial charge >= 0.3 is 0 Å². The van der Waals surface area contributed by atoms with Gasteiger partial charge in [0.1, 0.15) is 0 Å². The van der Waals surface area contributed by atoms with Crippen molar-refractivity contribution in [3.63, 3.8) is 0 Å². The zero-order chi connectivity index (χ0) is 22.6. The minimum absolute atomic E-state index is 0.136. The van der Waals surface area contributed by atoms with E-state index < -0.39 is 0 Å². The first-order chi connectivity index (χ1) is 14.9. The van der Waals surface area contributed by atoms with Crippen molar-refractivity contribution in [2.75, 3.05) is 67.5 Å². The first kappa shape index (κ1) is 25.2. The van der Waals surface area contributed by atoms with E-state index in [4.69, 9.17) is 5.84 Å². The monoisotopic (exact) mass is 431 g/mol. The molecule has 2 N–H and O–H groups in total. The van der Waals surface area contributed by atoms with E-state index >= 15 is 0 Å². The molecule has 174 valence electrons. The highest BCUT2D eigenvalue weighted by Gasteiger charge is 2.19. The van der Waals surface area contributed by atoms with Gasteiger partial charge in [-0.15, -0.1) is 0 Å². The molecule has 0 bridgehead atoms. The van der Waals surface area contributed by atoms with Gasteiger partial charge in [0.2, 0.25) is 0 Å².